The summed E-state index contributed by atoms with van der Waals surface area (Å²) in [6, 6.07) is 11.5. The third kappa shape index (κ3) is 7.18. The van der Waals surface area contributed by atoms with Crippen molar-refractivity contribution < 1.29 is 23.7 Å². The number of pyridine rings is 1. The highest BCUT2D eigenvalue weighted by Gasteiger charge is 2.68. The number of hydrogen-bond donors (Lipinski definition) is 3. The Labute approximate surface area is 274 Å². The molecule has 46 heavy (non-hydrogen) atoms. The van der Waals surface area contributed by atoms with Gasteiger partial charge in [-0.25, -0.2) is 4.98 Å². The van der Waals surface area contributed by atoms with Crippen molar-refractivity contribution in [1.82, 2.24) is 20.9 Å². The number of carbonyl (C=O) groups is 3. The molecule has 6 atom stereocenters. The normalized spacial score (nSPS) is 25.7. The topological polar surface area (TPSA) is 119 Å². The first kappa shape index (κ1) is 34.1. The van der Waals surface area contributed by atoms with Gasteiger partial charge < -0.3 is 25.3 Å². The maximum atomic E-state index is 14.0. The Morgan fingerprint density at radius 2 is 1.76 bits per heavy atom. The van der Waals surface area contributed by atoms with E-state index in [2.05, 4.69) is 62.5 Å². The zero-order valence-corrected chi connectivity index (χ0v) is 28.5. The van der Waals surface area contributed by atoms with Gasteiger partial charge in [0.05, 0.1) is 17.6 Å². The third-order valence-electron chi connectivity index (χ3n) is 10.6. The smallest absolute Gasteiger partial charge is 0.404 e. The van der Waals surface area contributed by atoms with Crippen LogP contribution in [0.15, 0.2) is 42.5 Å². The summed E-state index contributed by atoms with van der Waals surface area (Å²) in [5.41, 5.74) is 2.36. The molecule has 1 saturated heterocycles. The van der Waals surface area contributed by atoms with Crippen molar-refractivity contribution >= 4 is 24.8 Å². The molecule has 2 aromatic rings. The number of nitrogens with zero attached hydrogens (tertiary/aromatic N) is 1. The van der Waals surface area contributed by atoms with E-state index in [1.54, 1.807) is 24.3 Å². The van der Waals surface area contributed by atoms with Crippen molar-refractivity contribution in [2.24, 2.45) is 23.2 Å². The van der Waals surface area contributed by atoms with Crippen LogP contribution in [0.25, 0.3) is 0 Å². The minimum atomic E-state index is -1.05. The first-order chi connectivity index (χ1) is 21.8. The van der Waals surface area contributed by atoms with E-state index in [1.807, 2.05) is 25.1 Å². The van der Waals surface area contributed by atoms with E-state index in [0.717, 1.165) is 43.4 Å². The van der Waals surface area contributed by atoms with Crippen LogP contribution in [0.3, 0.4) is 0 Å². The molecule has 4 aliphatic rings. The fraction of sp³-hybridized carbons (Fsp3) is 0.611. The molecule has 2 bridgehead atoms. The summed E-state index contributed by atoms with van der Waals surface area (Å²) in [6.07, 6.45) is 5.46. The minimum absolute atomic E-state index is 0.0174. The van der Waals surface area contributed by atoms with Crippen LogP contribution >= 0.6 is 0 Å². The predicted octanol–water partition coefficient (Wildman–Crippen LogP) is 5.06. The highest BCUT2D eigenvalue weighted by Crippen LogP contribution is 2.65. The Kier molecular flexibility index (Phi) is 10.3. The molecule has 6 rings (SSSR count). The van der Waals surface area contributed by atoms with Crippen molar-refractivity contribution in [3.63, 3.8) is 0 Å². The van der Waals surface area contributed by atoms with E-state index in [0.29, 0.717) is 23.8 Å². The van der Waals surface area contributed by atoms with Gasteiger partial charge in [0.1, 0.15) is 11.7 Å². The molecule has 3 aliphatic carbocycles. The summed E-state index contributed by atoms with van der Waals surface area (Å²) in [4.78, 5) is 45.0. The largest absolute Gasteiger partial charge is 0.481 e. The van der Waals surface area contributed by atoms with E-state index in [4.69, 9.17) is 9.31 Å². The van der Waals surface area contributed by atoms with E-state index >= 15 is 0 Å². The molecule has 0 radical (unpaired) electrons. The maximum Gasteiger partial charge on any atom is 0.481 e. The molecule has 1 aromatic heterocycles. The lowest BCUT2D eigenvalue weighted by Crippen LogP contribution is -2.65. The number of aromatic nitrogens is 1. The second kappa shape index (κ2) is 13.9. The molecule has 3 amide bonds. The number of nitrogens with one attached hydrogen (secondary N) is 3. The lowest BCUT2D eigenvalue weighted by Gasteiger charge is -2.64. The molecule has 9 nitrogen and oxygen atoms in total. The first-order valence-corrected chi connectivity index (χ1v) is 17.1. The lowest BCUT2D eigenvalue weighted by molar-refractivity contribution is -0.199. The number of benzene rings is 1. The van der Waals surface area contributed by atoms with Gasteiger partial charge in [-0.3, -0.25) is 14.4 Å². The van der Waals surface area contributed by atoms with Gasteiger partial charge in [0.2, 0.25) is 5.91 Å². The van der Waals surface area contributed by atoms with Gasteiger partial charge in [0.15, 0.2) is 0 Å². The molecule has 248 valence electrons. The zero-order valence-electron chi connectivity index (χ0n) is 28.5. The van der Waals surface area contributed by atoms with Gasteiger partial charge in [-0.15, -0.1) is 0 Å². The molecule has 10 heteroatoms. The van der Waals surface area contributed by atoms with Gasteiger partial charge in [0.25, 0.3) is 11.8 Å². The number of aryl methyl sites for hydroxylation is 2. The molecule has 3 saturated carbocycles. The van der Waals surface area contributed by atoms with Crippen molar-refractivity contribution in [3.8, 4) is 0 Å². The Morgan fingerprint density at radius 3 is 2.43 bits per heavy atom. The third-order valence-corrected chi connectivity index (χ3v) is 10.6. The van der Waals surface area contributed by atoms with Crippen molar-refractivity contribution in [1.29, 1.82) is 0 Å². The van der Waals surface area contributed by atoms with Crippen LogP contribution in [-0.4, -0.2) is 60.1 Å². The SMILES string of the molecule is CCCCc1cccc(C(=O)N[C@@H](CNC(=O)c2ccc(C)cc2)C(=O)N[C@@H](CC(C)C)B2O[C@@H]3C[C@@H]4C[C@H](C4(C)C)[C@]3(C)O2)n1. The van der Waals surface area contributed by atoms with E-state index < -0.39 is 36.5 Å². The maximum absolute atomic E-state index is 14.0. The standard InChI is InChI=1S/C36H51BN4O5/c1-8-9-11-26-12-10-13-27(39-26)33(43)40-28(21-38-32(42)24-16-14-23(4)15-17-24)34(44)41-31(18-22(2)3)37-45-30-20-25-19-29(35(25,5)6)36(30,7)46-37/h10,12-17,22,25,28-31H,8-9,11,18-21H2,1-7H3,(H,38,42)(H,40,43)(H,41,44)/t25-,28-,29+,30+,31-,36-/m0/s1. The summed E-state index contributed by atoms with van der Waals surface area (Å²) in [5, 5.41) is 8.86. The molecule has 3 N–H and O–H groups in total. The van der Waals surface area contributed by atoms with Crippen molar-refractivity contribution in [2.75, 3.05) is 6.54 Å². The summed E-state index contributed by atoms with van der Waals surface area (Å²) in [5.74, 6) is -0.387. The van der Waals surface area contributed by atoms with Gasteiger partial charge in [-0.1, -0.05) is 64.8 Å². The summed E-state index contributed by atoms with van der Waals surface area (Å²) in [7, 11) is -0.605. The molecule has 1 aromatic carbocycles. The van der Waals surface area contributed by atoms with E-state index in [-0.39, 0.29) is 35.6 Å². The molecule has 0 unspecified atom stereocenters. The van der Waals surface area contributed by atoms with Crippen LogP contribution in [0.5, 0.6) is 0 Å². The first-order valence-electron chi connectivity index (χ1n) is 17.1. The summed E-state index contributed by atoms with van der Waals surface area (Å²) in [6.45, 7) is 15.0. The van der Waals surface area contributed by atoms with Crippen molar-refractivity contribution in [2.45, 2.75) is 111 Å². The van der Waals surface area contributed by atoms with Crippen LogP contribution in [-0.2, 0) is 20.5 Å². The quantitative estimate of drug-likeness (QED) is 0.267. The average molecular weight is 631 g/mol. The second-order valence-electron chi connectivity index (χ2n) is 14.8. The highest BCUT2D eigenvalue weighted by molar-refractivity contribution is 6.48. The number of hydrogen-bond acceptors (Lipinski definition) is 6. The highest BCUT2D eigenvalue weighted by atomic mass is 16.7. The van der Waals surface area contributed by atoms with Crippen LogP contribution < -0.4 is 16.0 Å². The molecule has 0 spiro atoms. The molecule has 2 heterocycles. The van der Waals surface area contributed by atoms with Gasteiger partial charge >= 0.3 is 7.12 Å². The molecular formula is C36H51BN4O5. The van der Waals surface area contributed by atoms with Crippen LogP contribution in [0.2, 0.25) is 0 Å². The van der Waals surface area contributed by atoms with Gasteiger partial charge in [-0.05, 0) is 93.4 Å². The van der Waals surface area contributed by atoms with E-state index in [1.165, 1.54) is 0 Å². The zero-order chi connectivity index (χ0) is 33.2. The fourth-order valence-corrected chi connectivity index (χ4v) is 7.65. The van der Waals surface area contributed by atoms with Crippen LogP contribution in [0, 0.1) is 30.1 Å². The van der Waals surface area contributed by atoms with Gasteiger partial charge in [-0.2, -0.15) is 0 Å². The fourth-order valence-electron chi connectivity index (χ4n) is 7.65. The Bertz CT molecular complexity index is 1420. The van der Waals surface area contributed by atoms with Crippen LogP contribution in [0.4, 0.5) is 0 Å². The number of amides is 3. The Hall–Kier alpha value is -3.24. The average Bonchev–Trinajstić information content (AvgIpc) is 3.39. The number of rotatable bonds is 13. The summed E-state index contributed by atoms with van der Waals surface area (Å²) >= 11 is 0. The molecule has 1 aliphatic heterocycles. The Morgan fingerprint density at radius 1 is 1.02 bits per heavy atom. The Balaban J connectivity index is 1.33. The summed E-state index contributed by atoms with van der Waals surface area (Å²) < 4.78 is 13.3. The monoisotopic (exact) mass is 630 g/mol. The van der Waals surface area contributed by atoms with Gasteiger partial charge in [0, 0.05) is 17.8 Å². The molecule has 4 fully saturated rings. The minimum Gasteiger partial charge on any atom is -0.404 e. The number of carbonyl (C=O) groups excluding carboxylic acids is 3. The number of unbranched alkanes of at least 4 members (excludes halogenated alkanes) is 1. The lowest BCUT2D eigenvalue weighted by atomic mass is 9.43. The predicted molar refractivity (Wildman–Crippen MR) is 179 cm³/mol. The van der Waals surface area contributed by atoms with Crippen LogP contribution in [0.1, 0.15) is 106 Å². The molecular weight excluding hydrogens is 579 g/mol. The van der Waals surface area contributed by atoms with E-state index in [9.17, 15) is 14.4 Å². The van der Waals surface area contributed by atoms with Crippen molar-refractivity contribution in [3.05, 3.63) is 65.0 Å². The second-order valence-corrected chi connectivity index (χ2v) is 14.8.